The topological polar surface area (TPSA) is 49.8 Å². The lowest BCUT2D eigenvalue weighted by atomic mass is 9.83. The van der Waals surface area contributed by atoms with Gasteiger partial charge in [0.2, 0.25) is 5.95 Å². The van der Waals surface area contributed by atoms with E-state index in [0.717, 1.165) is 31.1 Å². The largest absolute Gasteiger partial charge is 0.366 e. The Labute approximate surface area is 133 Å². The van der Waals surface area contributed by atoms with Crippen LogP contribution in [0.25, 0.3) is 0 Å². The van der Waals surface area contributed by atoms with Gasteiger partial charge in [-0.1, -0.05) is 44.7 Å². The molecule has 5 heteroatoms. The molecule has 0 saturated heterocycles. The monoisotopic (exact) mass is 310 g/mol. The quantitative estimate of drug-likeness (QED) is 0.765. The first-order valence-electron chi connectivity index (χ1n) is 8.27. The summed E-state index contributed by atoms with van der Waals surface area (Å²) < 4.78 is 0. The molecule has 2 N–H and O–H groups in total. The van der Waals surface area contributed by atoms with Crippen LogP contribution in [0, 0.1) is 5.92 Å². The molecular weight excluding hydrogens is 284 g/mol. The third kappa shape index (κ3) is 4.73. The predicted molar refractivity (Wildman–Crippen MR) is 90.1 cm³/mol. The molecule has 2 rings (SSSR count). The van der Waals surface area contributed by atoms with Gasteiger partial charge >= 0.3 is 0 Å². The lowest BCUT2D eigenvalue weighted by Crippen LogP contribution is -2.30. The molecule has 1 aromatic rings. The van der Waals surface area contributed by atoms with Gasteiger partial charge in [0.25, 0.3) is 0 Å². The number of halogens is 1. The lowest BCUT2D eigenvalue weighted by molar-refractivity contribution is 0.312. The molecule has 1 aliphatic rings. The predicted octanol–water partition coefficient (Wildman–Crippen LogP) is 4.72. The van der Waals surface area contributed by atoms with Crippen molar-refractivity contribution in [1.29, 1.82) is 0 Å². The Kier molecular flexibility index (Phi) is 6.55. The van der Waals surface area contributed by atoms with E-state index in [2.05, 4.69) is 34.4 Å². The van der Waals surface area contributed by atoms with Crippen LogP contribution in [-0.2, 0) is 0 Å². The van der Waals surface area contributed by atoms with Crippen LogP contribution in [0.1, 0.15) is 58.8 Å². The molecule has 0 spiro atoms. The Hall–Kier alpha value is -1.03. The highest BCUT2D eigenvalue weighted by atomic mass is 35.5. The van der Waals surface area contributed by atoms with Gasteiger partial charge in [-0.15, -0.1) is 0 Å². The first-order chi connectivity index (χ1) is 10.2. The fourth-order valence-electron chi connectivity index (χ4n) is 3.06. The number of anilines is 2. The van der Waals surface area contributed by atoms with Crippen molar-refractivity contribution in [1.82, 2.24) is 9.97 Å². The van der Waals surface area contributed by atoms with Crippen molar-refractivity contribution >= 4 is 23.4 Å². The van der Waals surface area contributed by atoms with Crippen LogP contribution in [0.4, 0.5) is 11.8 Å². The number of rotatable bonds is 7. The molecule has 0 bridgehead atoms. The molecule has 4 nitrogen and oxygen atoms in total. The summed E-state index contributed by atoms with van der Waals surface area (Å²) in [7, 11) is 0. The minimum absolute atomic E-state index is 0.455. The van der Waals surface area contributed by atoms with Crippen molar-refractivity contribution in [2.75, 3.05) is 17.2 Å². The normalized spacial score (nSPS) is 17.5. The zero-order chi connectivity index (χ0) is 15.1. The fourth-order valence-corrected chi connectivity index (χ4v) is 3.20. The van der Waals surface area contributed by atoms with Crippen molar-refractivity contribution in [3.63, 3.8) is 0 Å². The van der Waals surface area contributed by atoms with Gasteiger partial charge < -0.3 is 10.6 Å². The van der Waals surface area contributed by atoms with E-state index < -0.39 is 0 Å². The summed E-state index contributed by atoms with van der Waals surface area (Å²) in [6.45, 7) is 5.23. The molecule has 1 aliphatic carbocycles. The lowest BCUT2D eigenvalue weighted by Gasteiger charge is -2.30. The van der Waals surface area contributed by atoms with E-state index >= 15 is 0 Å². The van der Waals surface area contributed by atoms with E-state index in [1.807, 2.05) is 0 Å². The SMILES string of the molecule is CCCNc1ncc(Cl)c(NC(CC)C2CCCCC2)n1. The number of hydrogen-bond acceptors (Lipinski definition) is 4. The molecular formula is C16H27ClN4. The van der Waals surface area contributed by atoms with E-state index in [0.29, 0.717) is 17.0 Å². The molecule has 0 radical (unpaired) electrons. The van der Waals surface area contributed by atoms with Gasteiger partial charge in [0.15, 0.2) is 5.82 Å². The smallest absolute Gasteiger partial charge is 0.224 e. The van der Waals surface area contributed by atoms with Gasteiger partial charge in [0, 0.05) is 12.6 Å². The second kappa shape index (κ2) is 8.42. The van der Waals surface area contributed by atoms with Gasteiger partial charge in [-0.3, -0.25) is 0 Å². The maximum absolute atomic E-state index is 6.25. The van der Waals surface area contributed by atoms with E-state index in [-0.39, 0.29) is 0 Å². The van der Waals surface area contributed by atoms with E-state index in [1.54, 1.807) is 6.20 Å². The summed E-state index contributed by atoms with van der Waals surface area (Å²) in [6, 6.07) is 0.455. The van der Waals surface area contributed by atoms with Crippen LogP contribution in [-0.4, -0.2) is 22.6 Å². The Morgan fingerprint density at radius 3 is 2.71 bits per heavy atom. The number of nitrogens with zero attached hydrogens (tertiary/aromatic N) is 2. The highest BCUT2D eigenvalue weighted by Crippen LogP contribution is 2.30. The molecule has 1 unspecified atom stereocenters. The molecule has 1 aromatic heterocycles. The van der Waals surface area contributed by atoms with Gasteiger partial charge in [0.1, 0.15) is 5.02 Å². The minimum atomic E-state index is 0.455. The van der Waals surface area contributed by atoms with E-state index in [4.69, 9.17) is 11.6 Å². The summed E-state index contributed by atoms with van der Waals surface area (Å²) in [5, 5.41) is 7.38. The second-order valence-corrected chi connectivity index (χ2v) is 6.28. The maximum atomic E-state index is 6.25. The van der Waals surface area contributed by atoms with Gasteiger partial charge in [0.05, 0.1) is 6.20 Å². The Bertz CT molecular complexity index is 432. The highest BCUT2D eigenvalue weighted by Gasteiger charge is 2.23. The third-order valence-corrected chi connectivity index (χ3v) is 4.53. The van der Waals surface area contributed by atoms with Gasteiger partial charge in [-0.25, -0.2) is 4.98 Å². The Morgan fingerprint density at radius 1 is 1.29 bits per heavy atom. The number of aromatic nitrogens is 2. The molecule has 1 heterocycles. The van der Waals surface area contributed by atoms with Crippen molar-refractivity contribution < 1.29 is 0 Å². The van der Waals surface area contributed by atoms with Crippen molar-refractivity contribution in [3.8, 4) is 0 Å². The molecule has 0 aliphatic heterocycles. The van der Waals surface area contributed by atoms with Crippen LogP contribution < -0.4 is 10.6 Å². The Morgan fingerprint density at radius 2 is 2.05 bits per heavy atom. The van der Waals surface area contributed by atoms with Crippen LogP contribution in [0.5, 0.6) is 0 Å². The first kappa shape index (κ1) is 16.3. The molecule has 1 fully saturated rings. The molecule has 1 atom stereocenters. The maximum Gasteiger partial charge on any atom is 0.224 e. The number of nitrogens with one attached hydrogen (secondary N) is 2. The molecule has 118 valence electrons. The Balaban J connectivity index is 2.04. The van der Waals surface area contributed by atoms with Gasteiger partial charge in [-0.2, -0.15) is 4.98 Å². The summed E-state index contributed by atoms with van der Waals surface area (Å²) in [6.07, 6.45) is 10.5. The zero-order valence-corrected chi connectivity index (χ0v) is 13.9. The molecule has 1 saturated carbocycles. The third-order valence-electron chi connectivity index (χ3n) is 4.26. The van der Waals surface area contributed by atoms with Crippen LogP contribution >= 0.6 is 11.6 Å². The average Bonchev–Trinajstić information content (AvgIpc) is 2.53. The fraction of sp³-hybridized carbons (Fsp3) is 0.750. The molecule has 0 aromatic carbocycles. The van der Waals surface area contributed by atoms with Crippen LogP contribution in [0.15, 0.2) is 6.20 Å². The van der Waals surface area contributed by atoms with Crippen molar-refractivity contribution in [2.24, 2.45) is 5.92 Å². The summed E-state index contributed by atoms with van der Waals surface area (Å²) >= 11 is 6.25. The average molecular weight is 311 g/mol. The van der Waals surface area contributed by atoms with Crippen molar-refractivity contribution in [2.45, 2.75) is 64.8 Å². The van der Waals surface area contributed by atoms with E-state index in [1.165, 1.54) is 32.1 Å². The van der Waals surface area contributed by atoms with Crippen LogP contribution in [0.2, 0.25) is 5.02 Å². The first-order valence-corrected chi connectivity index (χ1v) is 8.65. The summed E-state index contributed by atoms with van der Waals surface area (Å²) in [5.74, 6) is 2.16. The summed E-state index contributed by atoms with van der Waals surface area (Å²) in [4.78, 5) is 8.76. The van der Waals surface area contributed by atoms with Crippen LogP contribution in [0.3, 0.4) is 0 Å². The second-order valence-electron chi connectivity index (χ2n) is 5.87. The van der Waals surface area contributed by atoms with E-state index in [9.17, 15) is 0 Å². The summed E-state index contributed by atoms with van der Waals surface area (Å²) in [5.41, 5.74) is 0. The standard InChI is InChI=1S/C16H27ClN4/c1-3-10-18-16-19-11-13(17)15(21-16)20-14(4-2)12-8-6-5-7-9-12/h11-12,14H,3-10H2,1-2H3,(H2,18,19,20,21). The molecule has 21 heavy (non-hydrogen) atoms. The van der Waals surface area contributed by atoms with Crippen molar-refractivity contribution in [3.05, 3.63) is 11.2 Å². The van der Waals surface area contributed by atoms with Gasteiger partial charge in [-0.05, 0) is 31.6 Å². The minimum Gasteiger partial charge on any atom is -0.366 e. The zero-order valence-electron chi connectivity index (χ0n) is 13.2. The highest BCUT2D eigenvalue weighted by molar-refractivity contribution is 6.32. The number of hydrogen-bond donors (Lipinski definition) is 2. The molecule has 0 amide bonds.